The molecular formula is C12H16BrN3O2S. The largest absolute Gasteiger partial charge is 0.399 e. The molecule has 1 unspecified atom stereocenters. The van der Waals surface area contributed by atoms with Crippen molar-refractivity contribution in [2.24, 2.45) is 5.92 Å². The molecule has 0 fully saturated rings. The van der Waals surface area contributed by atoms with Crippen molar-refractivity contribution in [2.45, 2.75) is 18.7 Å². The van der Waals surface area contributed by atoms with E-state index in [1.54, 1.807) is 26.0 Å². The van der Waals surface area contributed by atoms with E-state index in [4.69, 9.17) is 11.0 Å². The number of benzene rings is 1. The summed E-state index contributed by atoms with van der Waals surface area (Å²) in [6, 6.07) is 6.68. The number of nitriles is 1. The van der Waals surface area contributed by atoms with Crippen LogP contribution in [-0.2, 0) is 10.0 Å². The van der Waals surface area contributed by atoms with Gasteiger partial charge in [0.1, 0.15) is 0 Å². The molecule has 7 heteroatoms. The van der Waals surface area contributed by atoms with Crippen LogP contribution in [0.25, 0.3) is 0 Å². The Hall–Kier alpha value is -1.10. The van der Waals surface area contributed by atoms with Gasteiger partial charge in [-0.1, -0.05) is 6.92 Å². The third kappa shape index (κ3) is 3.69. The van der Waals surface area contributed by atoms with Crippen molar-refractivity contribution < 1.29 is 8.42 Å². The topological polar surface area (TPSA) is 87.2 Å². The number of nitrogens with two attached hydrogens (primary N) is 1. The molecule has 104 valence electrons. The van der Waals surface area contributed by atoms with E-state index in [1.807, 2.05) is 6.07 Å². The van der Waals surface area contributed by atoms with Crippen LogP contribution in [0, 0.1) is 17.2 Å². The van der Waals surface area contributed by atoms with E-state index in [1.165, 1.54) is 10.4 Å². The maximum atomic E-state index is 12.5. The number of rotatable bonds is 5. The van der Waals surface area contributed by atoms with Crippen LogP contribution in [0.1, 0.15) is 13.8 Å². The molecule has 0 aliphatic heterocycles. The van der Waals surface area contributed by atoms with Gasteiger partial charge in [0.2, 0.25) is 10.0 Å². The second kappa shape index (κ2) is 6.37. The molecule has 0 aliphatic carbocycles. The minimum Gasteiger partial charge on any atom is -0.399 e. The molecule has 0 aromatic heterocycles. The van der Waals surface area contributed by atoms with Gasteiger partial charge in [0.15, 0.2) is 0 Å². The number of nitrogens with zero attached hydrogens (tertiary/aromatic N) is 2. The standard InChI is InChI=1S/C12H16BrN3O2S/c1-3-16(8-9(2)7-14)19(17,18)12-6-10(15)4-5-11(12)13/h4-6,9H,3,8,15H2,1-2H3. The molecule has 0 spiro atoms. The minimum absolute atomic E-state index is 0.125. The fraction of sp³-hybridized carbons (Fsp3) is 0.417. The lowest BCUT2D eigenvalue weighted by atomic mass is 10.2. The maximum Gasteiger partial charge on any atom is 0.244 e. The van der Waals surface area contributed by atoms with Gasteiger partial charge < -0.3 is 5.73 Å². The molecule has 0 bridgehead atoms. The van der Waals surface area contributed by atoms with Crippen LogP contribution in [0.15, 0.2) is 27.6 Å². The first kappa shape index (κ1) is 16.0. The van der Waals surface area contributed by atoms with Crippen molar-refractivity contribution in [3.63, 3.8) is 0 Å². The fourth-order valence-electron chi connectivity index (χ4n) is 1.60. The molecule has 1 rings (SSSR count). The Morgan fingerprint density at radius 1 is 1.53 bits per heavy atom. The lowest BCUT2D eigenvalue weighted by Crippen LogP contribution is -2.34. The molecule has 19 heavy (non-hydrogen) atoms. The van der Waals surface area contributed by atoms with Crippen LogP contribution in [0.2, 0.25) is 0 Å². The Morgan fingerprint density at radius 3 is 2.68 bits per heavy atom. The molecule has 1 aromatic rings. The molecule has 5 nitrogen and oxygen atoms in total. The number of hydrogen-bond acceptors (Lipinski definition) is 4. The first-order valence-corrected chi connectivity index (χ1v) is 8.01. The molecule has 0 amide bonds. The smallest absolute Gasteiger partial charge is 0.244 e. The molecule has 0 saturated heterocycles. The third-order valence-electron chi connectivity index (χ3n) is 2.62. The normalized spacial score (nSPS) is 13.2. The van der Waals surface area contributed by atoms with Crippen LogP contribution in [-0.4, -0.2) is 25.8 Å². The van der Waals surface area contributed by atoms with Crippen LogP contribution in [0.5, 0.6) is 0 Å². The van der Waals surface area contributed by atoms with E-state index in [9.17, 15) is 8.42 Å². The highest BCUT2D eigenvalue weighted by atomic mass is 79.9. The second-order valence-corrected chi connectivity index (χ2v) is 6.94. The summed E-state index contributed by atoms with van der Waals surface area (Å²) in [5.41, 5.74) is 6.02. The van der Waals surface area contributed by atoms with Crippen molar-refractivity contribution in [1.82, 2.24) is 4.31 Å². The van der Waals surface area contributed by atoms with Gasteiger partial charge in [0.25, 0.3) is 0 Å². The van der Waals surface area contributed by atoms with Crippen molar-refractivity contribution in [3.05, 3.63) is 22.7 Å². The highest BCUT2D eigenvalue weighted by Gasteiger charge is 2.26. The number of nitrogen functional groups attached to an aromatic ring is 1. The third-order valence-corrected chi connectivity index (χ3v) is 5.56. The zero-order chi connectivity index (χ0) is 14.6. The molecule has 0 radical (unpaired) electrons. The van der Waals surface area contributed by atoms with Gasteiger partial charge in [0, 0.05) is 23.2 Å². The van der Waals surface area contributed by atoms with Crippen LogP contribution in [0.4, 0.5) is 5.69 Å². The van der Waals surface area contributed by atoms with E-state index in [0.717, 1.165) is 0 Å². The summed E-state index contributed by atoms with van der Waals surface area (Å²) >= 11 is 3.22. The lowest BCUT2D eigenvalue weighted by Gasteiger charge is -2.22. The van der Waals surface area contributed by atoms with Crippen molar-refractivity contribution >= 4 is 31.6 Å². The number of halogens is 1. The average molecular weight is 346 g/mol. The quantitative estimate of drug-likeness (QED) is 0.828. The van der Waals surface area contributed by atoms with Gasteiger partial charge in [-0.3, -0.25) is 0 Å². The Bertz CT molecular complexity index is 595. The lowest BCUT2D eigenvalue weighted by molar-refractivity contribution is 0.399. The summed E-state index contributed by atoms with van der Waals surface area (Å²) in [7, 11) is -3.65. The van der Waals surface area contributed by atoms with Gasteiger partial charge in [-0.05, 0) is 41.1 Å². The summed E-state index contributed by atoms with van der Waals surface area (Å²) in [6.45, 7) is 3.89. The Morgan fingerprint density at radius 2 is 2.16 bits per heavy atom. The predicted octanol–water partition coefficient (Wildman–Crippen LogP) is 2.20. The summed E-state index contributed by atoms with van der Waals surface area (Å²) in [4.78, 5) is 0.125. The zero-order valence-electron chi connectivity index (χ0n) is 10.8. The molecule has 0 aliphatic rings. The Balaban J connectivity index is 3.21. The average Bonchev–Trinajstić information content (AvgIpc) is 2.37. The van der Waals surface area contributed by atoms with Crippen LogP contribution in [0.3, 0.4) is 0 Å². The maximum absolute atomic E-state index is 12.5. The van der Waals surface area contributed by atoms with Gasteiger partial charge in [-0.2, -0.15) is 9.57 Å². The first-order chi connectivity index (χ1) is 8.82. The SMILES string of the molecule is CCN(CC(C)C#N)S(=O)(=O)c1cc(N)ccc1Br. The van der Waals surface area contributed by atoms with E-state index >= 15 is 0 Å². The van der Waals surface area contributed by atoms with Crippen molar-refractivity contribution in [2.75, 3.05) is 18.8 Å². The first-order valence-electron chi connectivity index (χ1n) is 5.77. The highest BCUT2D eigenvalue weighted by molar-refractivity contribution is 9.10. The minimum atomic E-state index is -3.65. The van der Waals surface area contributed by atoms with Gasteiger partial charge in [-0.15, -0.1) is 0 Å². The summed E-state index contributed by atoms with van der Waals surface area (Å²) in [5, 5.41) is 8.81. The van der Waals surface area contributed by atoms with Crippen molar-refractivity contribution in [1.29, 1.82) is 5.26 Å². The Kier molecular flexibility index (Phi) is 5.35. The summed E-state index contributed by atoms with van der Waals surface area (Å²) in [6.07, 6.45) is 0. The van der Waals surface area contributed by atoms with Gasteiger partial charge >= 0.3 is 0 Å². The van der Waals surface area contributed by atoms with Crippen molar-refractivity contribution in [3.8, 4) is 6.07 Å². The number of hydrogen-bond donors (Lipinski definition) is 1. The van der Waals surface area contributed by atoms with Crippen LogP contribution < -0.4 is 5.73 Å². The molecule has 1 aromatic carbocycles. The van der Waals surface area contributed by atoms with E-state index in [0.29, 0.717) is 16.7 Å². The predicted molar refractivity (Wildman–Crippen MR) is 77.8 cm³/mol. The van der Waals surface area contributed by atoms with E-state index in [-0.39, 0.29) is 17.4 Å². The van der Waals surface area contributed by atoms with E-state index < -0.39 is 10.0 Å². The number of anilines is 1. The van der Waals surface area contributed by atoms with Crippen LogP contribution >= 0.6 is 15.9 Å². The monoisotopic (exact) mass is 345 g/mol. The summed E-state index contributed by atoms with van der Waals surface area (Å²) < 4.78 is 26.8. The zero-order valence-corrected chi connectivity index (χ0v) is 13.2. The second-order valence-electron chi connectivity index (χ2n) is 4.18. The fourth-order valence-corrected chi connectivity index (χ4v) is 4.10. The Labute approximate surface area is 122 Å². The highest BCUT2D eigenvalue weighted by Crippen LogP contribution is 2.27. The number of sulfonamides is 1. The van der Waals surface area contributed by atoms with Gasteiger partial charge in [0.05, 0.1) is 16.9 Å². The molecule has 1 atom stereocenters. The molecule has 0 heterocycles. The molecular weight excluding hydrogens is 330 g/mol. The molecule has 2 N–H and O–H groups in total. The summed E-state index contributed by atoms with van der Waals surface area (Å²) in [5.74, 6) is -0.366. The van der Waals surface area contributed by atoms with Gasteiger partial charge in [-0.25, -0.2) is 8.42 Å². The van der Waals surface area contributed by atoms with E-state index in [2.05, 4.69) is 15.9 Å². The molecule has 0 saturated carbocycles.